The zero-order chi connectivity index (χ0) is 20.9. The van der Waals surface area contributed by atoms with E-state index in [1.807, 2.05) is 34.9 Å². The van der Waals surface area contributed by atoms with Crippen molar-refractivity contribution in [3.8, 4) is 11.8 Å². The third kappa shape index (κ3) is 3.90. The van der Waals surface area contributed by atoms with Crippen LogP contribution in [0.1, 0.15) is 11.4 Å². The fourth-order valence-corrected chi connectivity index (χ4v) is 3.28. The predicted octanol–water partition coefficient (Wildman–Crippen LogP) is 3.08. The van der Waals surface area contributed by atoms with E-state index in [1.54, 1.807) is 18.2 Å². The molecule has 1 saturated heterocycles. The lowest BCUT2D eigenvalue weighted by Crippen LogP contribution is -2.38. The number of nitro groups is 1. The third-order valence-corrected chi connectivity index (χ3v) is 4.71. The summed E-state index contributed by atoms with van der Waals surface area (Å²) in [7, 11) is 0. The van der Waals surface area contributed by atoms with Crippen LogP contribution in [0.4, 0.5) is 11.6 Å². The maximum atomic E-state index is 11.1. The molecule has 9 nitrogen and oxygen atoms in total. The van der Waals surface area contributed by atoms with Crippen LogP contribution in [0.3, 0.4) is 0 Å². The lowest BCUT2D eigenvalue weighted by molar-refractivity contribution is -0.384. The highest BCUT2D eigenvalue weighted by molar-refractivity contribution is 5.88. The maximum Gasteiger partial charge on any atom is 0.270 e. The summed E-state index contributed by atoms with van der Waals surface area (Å²) in [5, 5.41) is 29.6. The Bertz CT molecular complexity index is 1130. The number of nitriles is 1. The van der Waals surface area contributed by atoms with Gasteiger partial charge in [-0.1, -0.05) is 30.3 Å². The predicted molar refractivity (Wildman–Crippen MR) is 111 cm³/mol. The summed E-state index contributed by atoms with van der Waals surface area (Å²) in [6, 6.07) is 17.8. The summed E-state index contributed by atoms with van der Waals surface area (Å²) in [6.07, 6.45) is 1.58. The van der Waals surface area contributed by atoms with Crippen LogP contribution in [0.25, 0.3) is 17.3 Å². The molecule has 4 rings (SSSR count). The number of anilines is 1. The smallest absolute Gasteiger partial charge is 0.270 e. The number of aromatic nitrogens is 3. The molecule has 1 fully saturated rings. The van der Waals surface area contributed by atoms with Crippen molar-refractivity contribution in [2.24, 2.45) is 0 Å². The molecule has 1 aromatic heterocycles. The number of allylic oxidation sites excluding steroid dienone is 1. The van der Waals surface area contributed by atoms with Crippen molar-refractivity contribution in [1.29, 1.82) is 5.26 Å². The molecule has 0 spiro atoms. The van der Waals surface area contributed by atoms with Crippen LogP contribution in [0, 0.1) is 21.4 Å². The van der Waals surface area contributed by atoms with Gasteiger partial charge < -0.3 is 9.64 Å². The molecule has 150 valence electrons. The number of benzene rings is 2. The molecule has 0 bridgehead atoms. The molecular formula is C21H18N6O3. The van der Waals surface area contributed by atoms with Gasteiger partial charge >= 0.3 is 0 Å². The first-order valence-electron chi connectivity index (χ1n) is 9.37. The van der Waals surface area contributed by atoms with Gasteiger partial charge in [-0.3, -0.25) is 14.7 Å². The first-order chi connectivity index (χ1) is 14.7. The van der Waals surface area contributed by atoms with Crippen LogP contribution in [0.5, 0.6) is 0 Å². The summed E-state index contributed by atoms with van der Waals surface area (Å²) in [6.45, 7) is 2.51. The molecule has 0 amide bonds. The van der Waals surface area contributed by atoms with E-state index in [1.165, 1.54) is 12.1 Å². The van der Waals surface area contributed by atoms with Gasteiger partial charge in [-0.25, -0.2) is 0 Å². The normalized spacial score (nSPS) is 14.4. The Hall–Kier alpha value is -4.03. The van der Waals surface area contributed by atoms with E-state index in [-0.39, 0.29) is 11.3 Å². The SMILES string of the molecule is N#C/C(=C\c1cccc([N+](=O)[O-])c1)c1nnc(N2CCOCC2)n1-c1ccccc1. The van der Waals surface area contributed by atoms with Gasteiger partial charge in [0.1, 0.15) is 6.07 Å². The molecule has 2 aromatic carbocycles. The monoisotopic (exact) mass is 402 g/mol. The van der Waals surface area contributed by atoms with E-state index in [0.717, 1.165) is 5.69 Å². The van der Waals surface area contributed by atoms with Gasteiger partial charge in [0.25, 0.3) is 5.69 Å². The molecule has 0 N–H and O–H groups in total. The minimum Gasteiger partial charge on any atom is -0.378 e. The van der Waals surface area contributed by atoms with E-state index in [2.05, 4.69) is 21.2 Å². The van der Waals surface area contributed by atoms with E-state index in [0.29, 0.717) is 43.6 Å². The number of ether oxygens (including phenoxy) is 1. The summed E-state index contributed by atoms with van der Waals surface area (Å²) in [5.41, 5.74) is 1.57. The number of hydrogen-bond acceptors (Lipinski definition) is 7. The van der Waals surface area contributed by atoms with Crippen molar-refractivity contribution in [2.45, 2.75) is 0 Å². The van der Waals surface area contributed by atoms with Crippen LogP contribution in [0.2, 0.25) is 0 Å². The Labute approximate surface area is 172 Å². The number of morpholine rings is 1. The van der Waals surface area contributed by atoms with Gasteiger partial charge in [0.15, 0.2) is 5.82 Å². The molecule has 0 atom stereocenters. The van der Waals surface area contributed by atoms with Crippen LogP contribution in [0.15, 0.2) is 54.6 Å². The molecule has 30 heavy (non-hydrogen) atoms. The summed E-state index contributed by atoms with van der Waals surface area (Å²) in [4.78, 5) is 12.7. The van der Waals surface area contributed by atoms with Gasteiger partial charge in [0, 0.05) is 25.2 Å². The number of rotatable bonds is 5. The lowest BCUT2D eigenvalue weighted by Gasteiger charge is -2.28. The van der Waals surface area contributed by atoms with Gasteiger partial charge in [0.05, 0.1) is 29.4 Å². The number of hydrogen-bond donors (Lipinski definition) is 0. The van der Waals surface area contributed by atoms with E-state index in [9.17, 15) is 15.4 Å². The van der Waals surface area contributed by atoms with Crippen LogP contribution >= 0.6 is 0 Å². The molecule has 0 unspecified atom stereocenters. The lowest BCUT2D eigenvalue weighted by atomic mass is 10.1. The molecule has 0 saturated carbocycles. The molecule has 1 aliphatic heterocycles. The molecule has 0 radical (unpaired) electrons. The minimum absolute atomic E-state index is 0.0421. The Morgan fingerprint density at radius 2 is 1.90 bits per heavy atom. The molecule has 1 aliphatic rings. The second-order valence-electron chi connectivity index (χ2n) is 6.62. The minimum atomic E-state index is -0.466. The topological polar surface area (TPSA) is 110 Å². The number of nitrogens with zero attached hydrogens (tertiary/aromatic N) is 6. The van der Waals surface area contributed by atoms with Crippen molar-refractivity contribution in [2.75, 3.05) is 31.2 Å². The number of nitro benzene ring substituents is 1. The van der Waals surface area contributed by atoms with Gasteiger partial charge in [-0.15, -0.1) is 10.2 Å². The quantitative estimate of drug-likeness (QED) is 0.366. The van der Waals surface area contributed by atoms with Gasteiger partial charge in [0.2, 0.25) is 5.95 Å². The summed E-state index contributed by atoms with van der Waals surface area (Å²) >= 11 is 0. The largest absolute Gasteiger partial charge is 0.378 e. The zero-order valence-corrected chi connectivity index (χ0v) is 16.0. The van der Waals surface area contributed by atoms with Crippen molar-refractivity contribution in [3.05, 3.63) is 76.1 Å². The van der Waals surface area contributed by atoms with Crippen molar-refractivity contribution < 1.29 is 9.66 Å². The molecule has 3 aromatic rings. The highest BCUT2D eigenvalue weighted by Gasteiger charge is 2.23. The first kappa shape index (κ1) is 19.3. The Morgan fingerprint density at radius 3 is 2.60 bits per heavy atom. The summed E-state index contributed by atoms with van der Waals surface area (Å²) < 4.78 is 7.26. The Kier molecular flexibility index (Phi) is 5.50. The average Bonchev–Trinajstić information content (AvgIpc) is 3.24. The van der Waals surface area contributed by atoms with Crippen LogP contribution in [-0.2, 0) is 4.74 Å². The average molecular weight is 402 g/mol. The number of para-hydroxylation sites is 1. The molecular weight excluding hydrogens is 384 g/mol. The Morgan fingerprint density at radius 1 is 1.13 bits per heavy atom. The highest BCUT2D eigenvalue weighted by Crippen LogP contribution is 2.27. The fraction of sp³-hybridized carbons (Fsp3) is 0.190. The first-order valence-corrected chi connectivity index (χ1v) is 9.37. The Balaban J connectivity index is 1.83. The maximum absolute atomic E-state index is 11.1. The molecule has 0 aliphatic carbocycles. The van der Waals surface area contributed by atoms with Crippen molar-refractivity contribution >= 4 is 23.3 Å². The fourth-order valence-electron chi connectivity index (χ4n) is 3.28. The van der Waals surface area contributed by atoms with Gasteiger partial charge in [-0.05, 0) is 23.8 Å². The second kappa shape index (κ2) is 8.55. The standard InChI is InChI=1S/C21H18N6O3/c22-15-17(13-16-5-4-8-19(14-16)27(28)29)20-23-24-21(25-9-11-30-12-10-25)26(20)18-6-2-1-3-7-18/h1-8,13-14H,9-12H2/b17-13+. The highest BCUT2D eigenvalue weighted by atomic mass is 16.6. The van der Waals surface area contributed by atoms with Gasteiger partial charge in [-0.2, -0.15) is 5.26 Å². The van der Waals surface area contributed by atoms with E-state index < -0.39 is 4.92 Å². The van der Waals surface area contributed by atoms with Crippen LogP contribution in [-0.4, -0.2) is 46.0 Å². The summed E-state index contributed by atoms with van der Waals surface area (Å²) in [5.74, 6) is 0.997. The second-order valence-corrected chi connectivity index (χ2v) is 6.62. The van der Waals surface area contributed by atoms with E-state index in [4.69, 9.17) is 4.74 Å². The zero-order valence-electron chi connectivity index (χ0n) is 16.0. The molecule has 2 heterocycles. The van der Waals surface area contributed by atoms with Crippen molar-refractivity contribution in [1.82, 2.24) is 14.8 Å². The molecule has 9 heteroatoms. The van der Waals surface area contributed by atoms with Crippen LogP contribution < -0.4 is 4.90 Å². The van der Waals surface area contributed by atoms with Crippen molar-refractivity contribution in [3.63, 3.8) is 0 Å². The third-order valence-electron chi connectivity index (χ3n) is 4.71. The number of non-ortho nitro benzene ring substituents is 1. The van der Waals surface area contributed by atoms with E-state index >= 15 is 0 Å².